The number of hydrogen-bond donors (Lipinski definition) is 1. The molecule has 0 saturated heterocycles. The average Bonchev–Trinajstić information content (AvgIpc) is 2.74. The molecule has 0 aliphatic rings. The lowest BCUT2D eigenvalue weighted by molar-refractivity contribution is 0.0845. The number of methoxy groups -OCH3 is 2. The van der Waals surface area contributed by atoms with Crippen molar-refractivity contribution >= 4 is 32.8 Å². The van der Waals surface area contributed by atoms with E-state index in [0.717, 1.165) is 10.9 Å². The third-order valence-electron chi connectivity index (χ3n) is 2.59. The lowest BCUT2D eigenvalue weighted by Crippen LogP contribution is -2.25. The summed E-state index contributed by atoms with van der Waals surface area (Å²) >= 11 is 3.39. The van der Waals surface area contributed by atoms with Gasteiger partial charge in [0.2, 0.25) is 5.76 Å². The Hall–Kier alpha value is -1.37. The summed E-state index contributed by atoms with van der Waals surface area (Å²) in [5.74, 6) is -0.0835. The number of hydrogen-bond acceptors (Lipinski definition) is 4. The van der Waals surface area contributed by atoms with E-state index in [4.69, 9.17) is 13.9 Å². The third kappa shape index (κ3) is 2.97. The van der Waals surface area contributed by atoms with Gasteiger partial charge >= 0.3 is 0 Å². The minimum Gasteiger partial charge on any atom is -0.450 e. The molecule has 0 unspecified atom stereocenters. The van der Waals surface area contributed by atoms with Crippen molar-refractivity contribution in [3.8, 4) is 0 Å². The SMILES string of the molecule is COCNC(=O)c1oc2ccc(COC)cc2c1Br. The number of fused-ring (bicyclic) bond motifs is 1. The molecule has 6 heteroatoms. The van der Waals surface area contributed by atoms with Gasteiger partial charge in [-0.05, 0) is 33.6 Å². The van der Waals surface area contributed by atoms with Crippen LogP contribution in [-0.2, 0) is 16.1 Å². The van der Waals surface area contributed by atoms with E-state index < -0.39 is 0 Å². The van der Waals surface area contributed by atoms with Crippen LogP contribution in [0.2, 0.25) is 0 Å². The van der Waals surface area contributed by atoms with Crippen LogP contribution >= 0.6 is 15.9 Å². The molecular weight excluding hydrogens is 314 g/mol. The Morgan fingerprint density at radius 1 is 1.37 bits per heavy atom. The Kier molecular flexibility index (Phi) is 4.57. The van der Waals surface area contributed by atoms with Gasteiger partial charge in [-0.3, -0.25) is 4.79 Å². The van der Waals surface area contributed by atoms with Crippen LogP contribution < -0.4 is 5.32 Å². The van der Waals surface area contributed by atoms with Gasteiger partial charge in [0.1, 0.15) is 12.3 Å². The minimum atomic E-state index is -0.321. The van der Waals surface area contributed by atoms with E-state index in [1.807, 2.05) is 18.2 Å². The highest BCUT2D eigenvalue weighted by Crippen LogP contribution is 2.31. The molecule has 1 N–H and O–H groups in total. The molecule has 0 aliphatic carbocycles. The van der Waals surface area contributed by atoms with Crippen LogP contribution in [0.25, 0.3) is 11.0 Å². The fourth-order valence-electron chi connectivity index (χ4n) is 1.74. The molecule has 0 fully saturated rings. The molecule has 2 aromatic rings. The normalized spacial score (nSPS) is 10.9. The van der Waals surface area contributed by atoms with E-state index in [2.05, 4.69) is 21.2 Å². The Morgan fingerprint density at radius 2 is 2.16 bits per heavy atom. The smallest absolute Gasteiger partial charge is 0.290 e. The van der Waals surface area contributed by atoms with Crippen molar-refractivity contribution in [1.29, 1.82) is 0 Å². The number of carbonyl (C=O) groups excluding carboxylic acids is 1. The number of nitrogens with one attached hydrogen (secondary N) is 1. The first-order valence-electron chi connectivity index (χ1n) is 5.64. The van der Waals surface area contributed by atoms with Crippen LogP contribution in [0.3, 0.4) is 0 Å². The minimum absolute atomic E-state index is 0.136. The summed E-state index contributed by atoms with van der Waals surface area (Å²) in [6, 6.07) is 5.65. The molecule has 5 nitrogen and oxygen atoms in total. The fraction of sp³-hybridized carbons (Fsp3) is 0.308. The molecule has 0 radical (unpaired) electrons. The van der Waals surface area contributed by atoms with Gasteiger partial charge in [0.25, 0.3) is 5.91 Å². The van der Waals surface area contributed by atoms with Gasteiger partial charge in [-0.15, -0.1) is 0 Å². The second-order valence-corrected chi connectivity index (χ2v) is 4.74. The molecule has 19 heavy (non-hydrogen) atoms. The van der Waals surface area contributed by atoms with Crippen molar-refractivity contribution in [2.45, 2.75) is 6.61 Å². The van der Waals surface area contributed by atoms with E-state index in [9.17, 15) is 4.79 Å². The topological polar surface area (TPSA) is 60.7 Å². The largest absolute Gasteiger partial charge is 0.450 e. The van der Waals surface area contributed by atoms with Crippen molar-refractivity contribution in [2.75, 3.05) is 21.0 Å². The number of halogens is 1. The van der Waals surface area contributed by atoms with Gasteiger partial charge in [-0.2, -0.15) is 0 Å². The zero-order valence-electron chi connectivity index (χ0n) is 10.7. The summed E-state index contributed by atoms with van der Waals surface area (Å²) in [5, 5.41) is 3.43. The monoisotopic (exact) mass is 327 g/mol. The maximum Gasteiger partial charge on any atom is 0.290 e. The molecule has 2 rings (SSSR count). The lowest BCUT2D eigenvalue weighted by Gasteiger charge is -2.00. The van der Waals surface area contributed by atoms with Crippen molar-refractivity contribution in [3.63, 3.8) is 0 Å². The molecule has 102 valence electrons. The predicted octanol–water partition coefficient (Wildman–Crippen LogP) is 2.68. The maximum absolute atomic E-state index is 11.9. The van der Waals surface area contributed by atoms with Crippen molar-refractivity contribution in [3.05, 3.63) is 34.0 Å². The number of carbonyl (C=O) groups is 1. The number of amides is 1. The van der Waals surface area contributed by atoms with E-state index in [1.54, 1.807) is 7.11 Å². The molecule has 0 atom stereocenters. The zero-order valence-corrected chi connectivity index (χ0v) is 12.2. The molecule has 1 amide bonds. The summed E-state index contributed by atoms with van der Waals surface area (Å²) in [6.45, 7) is 0.649. The average molecular weight is 328 g/mol. The quantitative estimate of drug-likeness (QED) is 0.858. The van der Waals surface area contributed by atoms with E-state index in [0.29, 0.717) is 16.7 Å². The fourth-order valence-corrected chi connectivity index (χ4v) is 2.31. The van der Waals surface area contributed by atoms with Crippen molar-refractivity contribution < 1.29 is 18.7 Å². The van der Waals surface area contributed by atoms with Gasteiger partial charge in [-0.1, -0.05) is 6.07 Å². The molecule has 1 aromatic heterocycles. The van der Waals surface area contributed by atoms with Crippen molar-refractivity contribution in [1.82, 2.24) is 5.32 Å². The van der Waals surface area contributed by atoms with Crippen LogP contribution in [0.5, 0.6) is 0 Å². The van der Waals surface area contributed by atoms with Crippen LogP contribution in [0.15, 0.2) is 27.1 Å². The molecule has 0 aliphatic heterocycles. The molecule has 1 heterocycles. The highest BCUT2D eigenvalue weighted by molar-refractivity contribution is 9.10. The van der Waals surface area contributed by atoms with Crippen LogP contribution in [0.4, 0.5) is 0 Å². The van der Waals surface area contributed by atoms with Crippen LogP contribution in [0.1, 0.15) is 16.1 Å². The summed E-state index contributed by atoms with van der Waals surface area (Å²) in [4.78, 5) is 11.9. The Morgan fingerprint density at radius 3 is 2.84 bits per heavy atom. The number of furan rings is 1. The second-order valence-electron chi connectivity index (χ2n) is 3.95. The first kappa shape index (κ1) is 14.0. The molecule has 0 bridgehead atoms. The van der Waals surface area contributed by atoms with Crippen LogP contribution in [-0.4, -0.2) is 26.9 Å². The summed E-state index contributed by atoms with van der Waals surface area (Å²) < 4.78 is 16.0. The number of benzene rings is 1. The van der Waals surface area contributed by atoms with Crippen LogP contribution in [0, 0.1) is 0 Å². The van der Waals surface area contributed by atoms with E-state index in [-0.39, 0.29) is 18.4 Å². The third-order valence-corrected chi connectivity index (χ3v) is 3.37. The van der Waals surface area contributed by atoms with Gasteiger partial charge < -0.3 is 19.2 Å². The first-order valence-corrected chi connectivity index (χ1v) is 6.43. The predicted molar refractivity (Wildman–Crippen MR) is 74.0 cm³/mol. The Balaban J connectivity index is 2.36. The van der Waals surface area contributed by atoms with Gasteiger partial charge in [0.15, 0.2) is 0 Å². The van der Waals surface area contributed by atoms with Gasteiger partial charge in [0, 0.05) is 19.6 Å². The molecular formula is C13H14BrNO4. The molecule has 0 saturated carbocycles. The molecule has 0 spiro atoms. The standard InChI is InChI=1S/C13H14BrNO4/c1-17-6-8-3-4-10-9(5-8)11(14)12(19-10)13(16)15-7-18-2/h3-5H,6-7H2,1-2H3,(H,15,16). The number of ether oxygens (including phenoxy) is 2. The summed E-state index contributed by atoms with van der Waals surface area (Å²) in [7, 11) is 3.14. The zero-order chi connectivity index (χ0) is 13.8. The Bertz CT molecular complexity index is 594. The Labute approximate surface area is 119 Å². The van der Waals surface area contributed by atoms with Gasteiger partial charge in [0.05, 0.1) is 11.1 Å². The summed E-state index contributed by atoms with van der Waals surface area (Å²) in [6.07, 6.45) is 0. The number of rotatable bonds is 5. The van der Waals surface area contributed by atoms with Gasteiger partial charge in [-0.25, -0.2) is 0 Å². The second kappa shape index (κ2) is 6.18. The molecule has 1 aromatic carbocycles. The highest BCUT2D eigenvalue weighted by atomic mass is 79.9. The van der Waals surface area contributed by atoms with E-state index in [1.165, 1.54) is 7.11 Å². The lowest BCUT2D eigenvalue weighted by atomic mass is 10.1. The van der Waals surface area contributed by atoms with Crippen molar-refractivity contribution in [2.24, 2.45) is 0 Å². The maximum atomic E-state index is 11.9. The summed E-state index contributed by atoms with van der Waals surface area (Å²) in [5.41, 5.74) is 1.66. The first-order chi connectivity index (χ1) is 9.17. The van der Waals surface area contributed by atoms with E-state index >= 15 is 0 Å². The highest BCUT2D eigenvalue weighted by Gasteiger charge is 2.18.